The number of benzene rings is 2. The maximum absolute atomic E-state index is 13.3. The molecule has 29 heavy (non-hydrogen) atoms. The molecule has 2 aromatic rings. The van der Waals surface area contributed by atoms with Crippen molar-refractivity contribution in [2.45, 2.75) is 29.6 Å². The average Bonchev–Trinajstić information content (AvgIpc) is 2.74. The standard InChI is InChI=1S/C21H26N2O4S2/c1-15-10-11-18(27-2)20(13-15)29(25,26)23-12-6-7-16(14-23)21(24)22-17-8-4-5-9-19(17)28-3/h4-5,8-11,13,16H,6-7,12,14H2,1-3H3,(H,22,24)/t16-/m1/s1. The van der Waals surface area contributed by atoms with Gasteiger partial charge in [0.05, 0.1) is 18.7 Å². The van der Waals surface area contributed by atoms with E-state index in [0.29, 0.717) is 25.1 Å². The molecule has 8 heteroatoms. The largest absolute Gasteiger partial charge is 0.495 e. The van der Waals surface area contributed by atoms with Crippen LogP contribution in [0.2, 0.25) is 0 Å². The minimum absolute atomic E-state index is 0.147. The Morgan fingerprint density at radius 3 is 2.72 bits per heavy atom. The number of thioether (sulfide) groups is 1. The van der Waals surface area contributed by atoms with E-state index in [9.17, 15) is 13.2 Å². The van der Waals surface area contributed by atoms with Crippen molar-refractivity contribution < 1.29 is 17.9 Å². The van der Waals surface area contributed by atoms with E-state index in [2.05, 4.69) is 5.32 Å². The van der Waals surface area contributed by atoms with E-state index in [1.165, 1.54) is 11.4 Å². The molecule has 1 aliphatic heterocycles. The fourth-order valence-electron chi connectivity index (χ4n) is 3.48. The quantitative estimate of drug-likeness (QED) is 0.701. The highest BCUT2D eigenvalue weighted by Gasteiger charge is 2.35. The van der Waals surface area contributed by atoms with Crippen molar-refractivity contribution in [3.8, 4) is 5.75 Å². The van der Waals surface area contributed by atoms with Crippen LogP contribution < -0.4 is 10.1 Å². The first-order valence-electron chi connectivity index (χ1n) is 9.45. The number of aryl methyl sites for hydroxylation is 1. The molecular formula is C21H26N2O4S2. The molecular weight excluding hydrogens is 408 g/mol. The Morgan fingerprint density at radius 1 is 1.24 bits per heavy atom. The summed E-state index contributed by atoms with van der Waals surface area (Å²) in [6.45, 7) is 2.39. The van der Waals surface area contributed by atoms with Crippen molar-refractivity contribution in [1.82, 2.24) is 4.31 Å². The molecule has 0 aliphatic carbocycles. The van der Waals surface area contributed by atoms with Gasteiger partial charge in [-0.15, -0.1) is 11.8 Å². The van der Waals surface area contributed by atoms with Gasteiger partial charge < -0.3 is 10.1 Å². The van der Waals surface area contributed by atoms with E-state index >= 15 is 0 Å². The second-order valence-electron chi connectivity index (χ2n) is 7.05. The van der Waals surface area contributed by atoms with E-state index in [0.717, 1.165) is 16.1 Å². The summed E-state index contributed by atoms with van der Waals surface area (Å²) in [5.41, 5.74) is 1.59. The van der Waals surface area contributed by atoms with Gasteiger partial charge in [0.15, 0.2) is 0 Å². The number of nitrogens with one attached hydrogen (secondary N) is 1. The molecule has 0 aromatic heterocycles. The van der Waals surface area contributed by atoms with Crippen molar-refractivity contribution in [3.63, 3.8) is 0 Å². The summed E-state index contributed by atoms with van der Waals surface area (Å²) in [5, 5.41) is 2.97. The molecule has 1 fully saturated rings. The second kappa shape index (κ2) is 9.19. The number of hydrogen-bond acceptors (Lipinski definition) is 5. The number of sulfonamides is 1. The van der Waals surface area contributed by atoms with Gasteiger partial charge in [-0.1, -0.05) is 18.2 Å². The summed E-state index contributed by atoms with van der Waals surface area (Å²) in [6, 6.07) is 12.7. The van der Waals surface area contributed by atoms with Gasteiger partial charge in [0.1, 0.15) is 10.6 Å². The van der Waals surface area contributed by atoms with Crippen molar-refractivity contribution in [3.05, 3.63) is 48.0 Å². The van der Waals surface area contributed by atoms with E-state index in [-0.39, 0.29) is 17.3 Å². The van der Waals surface area contributed by atoms with E-state index in [4.69, 9.17) is 4.74 Å². The molecule has 0 bridgehead atoms. The predicted octanol–water partition coefficient (Wildman–Crippen LogP) is 3.76. The van der Waals surface area contributed by atoms with Crippen LogP contribution in [-0.4, -0.2) is 45.1 Å². The Bertz CT molecular complexity index is 992. The normalized spacial score (nSPS) is 17.7. The van der Waals surface area contributed by atoms with Crippen LogP contribution in [0.25, 0.3) is 0 Å². The van der Waals surface area contributed by atoms with Crippen LogP contribution in [0, 0.1) is 12.8 Å². The van der Waals surface area contributed by atoms with Gasteiger partial charge in [-0.05, 0) is 55.9 Å². The first kappa shape index (κ1) is 21.7. The van der Waals surface area contributed by atoms with Gasteiger partial charge in [-0.2, -0.15) is 4.31 Å². The van der Waals surface area contributed by atoms with Crippen LogP contribution in [0.4, 0.5) is 5.69 Å². The number of hydrogen-bond donors (Lipinski definition) is 1. The molecule has 0 spiro atoms. The lowest BCUT2D eigenvalue weighted by Gasteiger charge is -2.31. The Hall–Kier alpha value is -2.03. The first-order chi connectivity index (χ1) is 13.9. The van der Waals surface area contributed by atoms with Gasteiger partial charge in [-0.3, -0.25) is 4.79 Å². The number of ether oxygens (including phenoxy) is 1. The number of para-hydroxylation sites is 1. The van der Waals surface area contributed by atoms with Crippen molar-refractivity contribution in [2.24, 2.45) is 5.92 Å². The maximum atomic E-state index is 13.3. The smallest absolute Gasteiger partial charge is 0.246 e. The number of methoxy groups -OCH3 is 1. The van der Waals surface area contributed by atoms with Crippen LogP contribution >= 0.6 is 11.8 Å². The van der Waals surface area contributed by atoms with E-state index in [1.54, 1.807) is 23.9 Å². The highest BCUT2D eigenvalue weighted by molar-refractivity contribution is 7.98. The molecule has 1 N–H and O–H groups in total. The highest BCUT2D eigenvalue weighted by Crippen LogP contribution is 2.31. The number of nitrogens with zero attached hydrogens (tertiary/aromatic N) is 1. The third-order valence-electron chi connectivity index (χ3n) is 5.06. The van der Waals surface area contributed by atoms with Crippen molar-refractivity contribution in [2.75, 3.05) is 31.8 Å². The summed E-state index contributed by atoms with van der Waals surface area (Å²) >= 11 is 1.56. The Balaban J connectivity index is 1.80. The molecule has 1 heterocycles. The summed E-state index contributed by atoms with van der Waals surface area (Å²) in [6.07, 6.45) is 3.25. The fourth-order valence-corrected chi connectivity index (χ4v) is 5.80. The van der Waals surface area contributed by atoms with E-state index in [1.807, 2.05) is 43.5 Å². The lowest BCUT2D eigenvalue weighted by Crippen LogP contribution is -2.43. The minimum Gasteiger partial charge on any atom is -0.495 e. The minimum atomic E-state index is -3.76. The molecule has 1 amide bonds. The van der Waals surface area contributed by atoms with Crippen LogP contribution in [0.5, 0.6) is 5.75 Å². The average molecular weight is 435 g/mol. The monoisotopic (exact) mass is 434 g/mol. The third-order valence-corrected chi connectivity index (χ3v) is 7.74. The number of rotatable bonds is 6. The number of anilines is 1. The zero-order valence-electron chi connectivity index (χ0n) is 16.8. The third kappa shape index (κ3) is 4.76. The molecule has 1 aliphatic rings. The molecule has 156 valence electrons. The molecule has 0 radical (unpaired) electrons. The number of amides is 1. The van der Waals surface area contributed by atoms with Gasteiger partial charge in [0.2, 0.25) is 15.9 Å². The number of carbonyl (C=O) groups is 1. The molecule has 3 rings (SSSR count). The highest BCUT2D eigenvalue weighted by atomic mass is 32.2. The van der Waals surface area contributed by atoms with Gasteiger partial charge in [0, 0.05) is 18.0 Å². The first-order valence-corrected chi connectivity index (χ1v) is 12.1. The summed E-state index contributed by atoms with van der Waals surface area (Å²) in [4.78, 5) is 14.0. The summed E-state index contributed by atoms with van der Waals surface area (Å²) < 4.78 is 33.2. The SMILES string of the molecule is COc1ccc(C)cc1S(=O)(=O)N1CCC[C@@H](C(=O)Nc2ccccc2SC)C1. The number of piperidine rings is 1. The second-order valence-corrected chi connectivity index (χ2v) is 9.80. The Labute approximate surface area is 176 Å². The molecule has 0 saturated carbocycles. The van der Waals surface area contributed by atoms with Gasteiger partial charge in [0.25, 0.3) is 0 Å². The zero-order chi connectivity index (χ0) is 21.0. The molecule has 0 unspecified atom stereocenters. The molecule has 2 aromatic carbocycles. The maximum Gasteiger partial charge on any atom is 0.246 e. The molecule has 1 saturated heterocycles. The van der Waals surface area contributed by atoms with E-state index < -0.39 is 15.9 Å². The van der Waals surface area contributed by atoms with Crippen LogP contribution in [0.3, 0.4) is 0 Å². The lowest BCUT2D eigenvalue weighted by molar-refractivity contribution is -0.120. The van der Waals surface area contributed by atoms with Crippen LogP contribution in [0.1, 0.15) is 18.4 Å². The zero-order valence-corrected chi connectivity index (χ0v) is 18.5. The van der Waals surface area contributed by atoms with Crippen molar-refractivity contribution >= 4 is 33.4 Å². The molecule has 1 atom stereocenters. The van der Waals surface area contributed by atoms with Crippen LogP contribution in [-0.2, 0) is 14.8 Å². The predicted molar refractivity (Wildman–Crippen MR) is 116 cm³/mol. The summed E-state index contributed by atoms with van der Waals surface area (Å²) in [5.74, 6) is -0.233. The fraction of sp³-hybridized carbons (Fsp3) is 0.381. The Kier molecular flexibility index (Phi) is 6.87. The number of carbonyl (C=O) groups excluding carboxylic acids is 1. The lowest BCUT2D eigenvalue weighted by atomic mass is 9.99. The van der Waals surface area contributed by atoms with Crippen molar-refractivity contribution in [1.29, 1.82) is 0 Å². The molecule has 6 nitrogen and oxygen atoms in total. The topological polar surface area (TPSA) is 75.7 Å². The van der Waals surface area contributed by atoms with Crippen LogP contribution in [0.15, 0.2) is 52.3 Å². The van der Waals surface area contributed by atoms with Gasteiger partial charge in [-0.25, -0.2) is 8.42 Å². The summed E-state index contributed by atoms with van der Waals surface area (Å²) in [7, 11) is -2.30. The van der Waals surface area contributed by atoms with Gasteiger partial charge >= 0.3 is 0 Å². The Morgan fingerprint density at radius 2 is 2.00 bits per heavy atom.